The molecule has 2 aromatic rings. The van der Waals surface area contributed by atoms with Crippen LogP contribution in [-0.2, 0) is 20.9 Å². The fourth-order valence-corrected chi connectivity index (χ4v) is 2.19. The predicted octanol–water partition coefficient (Wildman–Crippen LogP) is 1.89. The first-order chi connectivity index (χ1) is 12.5. The molecule has 0 radical (unpaired) electrons. The Morgan fingerprint density at radius 1 is 1.08 bits per heavy atom. The summed E-state index contributed by atoms with van der Waals surface area (Å²) in [7, 11) is 0. The predicted molar refractivity (Wildman–Crippen MR) is 94.0 cm³/mol. The molecule has 2 N–H and O–H groups in total. The van der Waals surface area contributed by atoms with E-state index in [2.05, 4.69) is 10.6 Å². The minimum atomic E-state index is -0.880. The molecule has 0 saturated heterocycles. The van der Waals surface area contributed by atoms with Gasteiger partial charge in [0.1, 0.15) is 6.04 Å². The third-order valence-corrected chi connectivity index (χ3v) is 3.63. The maximum Gasteiger partial charge on any atom is 0.329 e. The smallest absolute Gasteiger partial charge is 0.329 e. The van der Waals surface area contributed by atoms with Crippen molar-refractivity contribution in [3.8, 4) is 0 Å². The Morgan fingerprint density at radius 3 is 2.42 bits per heavy atom. The van der Waals surface area contributed by atoms with Crippen molar-refractivity contribution in [1.29, 1.82) is 0 Å². The SMILES string of the molecule is CC(C)[C@H](NC(=O)c1ccco1)C(=O)OCC(=O)NCc1ccccc1. The summed E-state index contributed by atoms with van der Waals surface area (Å²) in [5.74, 6) is -1.71. The number of carbonyl (C=O) groups is 3. The fraction of sp³-hybridized carbons (Fsp3) is 0.316. The monoisotopic (exact) mass is 358 g/mol. The highest BCUT2D eigenvalue weighted by atomic mass is 16.5. The average Bonchev–Trinajstić information content (AvgIpc) is 3.17. The van der Waals surface area contributed by atoms with Crippen LogP contribution < -0.4 is 10.6 Å². The number of nitrogens with one attached hydrogen (secondary N) is 2. The van der Waals surface area contributed by atoms with Crippen LogP contribution >= 0.6 is 0 Å². The van der Waals surface area contributed by atoms with E-state index in [1.54, 1.807) is 19.9 Å². The molecule has 1 aromatic carbocycles. The normalized spacial score (nSPS) is 11.7. The number of hydrogen-bond donors (Lipinski definition) is 2. The number of carbonyl (C=O) groups excluding carboxylic acids is 3. The van der Waals surface area contributed by atoms with Crippen molar-refractivity contribution in [3.63, 3.8) is 0 Å². The molecule has 26 heavy (non-hydrogen) atoms. The Kier molecular flexibility index (Phi) is 6.96. The average molecular weight is 358 g/mol. The van der Waals surface area contributed by atoms with E-state index in [1.807, 2.05) is 30.3 Å². The number of hydrogen-bond acceptors (Lipinski definition) is 5. The van der Waals surface area contributed by atoms with Crippen molar-refractivity contribution >= 4 is 17.8 Å². The molecule has 2 rings (SSSR count). The lowest BCUT2D eigenvalue weighted by molar-refractivity contribution is -0.151. The van der Waals surface area contributed by atoms with E-state index in [-0.39, 0.29) is 11.7 Å². The zero-order valence-corrected chi connectivity index (χ0v) is 14.7. The van der Waals surface area contributed by atoms with Gasteiger partial charge in [-0.3, -0.25) is 9.59 Å². The lowest BCUT2D eigenvalue weighted by Crippen LogP contribution is -2.46. The summed E-state index contributed by atoms with van der Waals surface area (Å²) in [6.07, 6.45) is 1.37. The molecular weight excluding hydrogens is 336 g/mol. The van der Waals surface area contributed by atoms with E-state index in [4.69, 9.17) is 9.15 Å². The molecule has 0 saturated carbocycles. The van der Waals surface area contributed by atoms with Crippen molar-refractivity contribution in [3.05, 3.63) is 60.1 Å². The van der Waals surface area contributed by atoms with Crippen molar-refractivity contribution in [2.45, 2.75) is 26.4 Å². The van der Waals surface area contributed by atoms with Gasteiger partial charge in [-0.1, -0.05) is 44.2 Å². The Balaban J connectivity index is 1.81. The van der Waals surface area contributed by atoms with Gasteiger partial charge >= 0.3 is 5.97 Å². The Morgan fingerprint density at radius 2 is 1.81 bits per heavy atom. The number of furan rings is 1. The second-order valence-corrected chi connectivity index (χ2v) is 6.04. The summed E-state index contributed by atoms with van der Waals surface area (Å²) >= 11 is 0. The van der Waals surface area contributed by atoms with Crippen LogP contribution in [0.5, 0.6) is 0 Å². The van der Waals surface area contributed by atoms with Gasteiger partial charge in [0, 0.05) is 6.54 Å². The Hall–Kier alpha value is -3.09. The minimum absolute atomic E-state index is 0.101. The van der Waals surface area contributed by atoms with Gasteiger partial charge in [0.25, 0.3) is 11.8 Å². The summed E-state index contributed by atoms with van der Waals surface area (Å²) in [4.78, 5) is 36.1. The van der Waals surface area contributed by atoms with Crippen molar-refractivity contribution in [2.75, 3.05) is 6.61 Å². The lowest BCUT2D eigenvalue weighted by Gasteiger charge is -2.20. The Labute approximate surface area is 151 Å². The van der Waals surface area contributed by atoms with Gasteiger partial charge in [-0.25, -0.2) is 4.79 Å². The van der Waals surface area contributed by atoms with Gasteiger partial charge in [0.05, 0.1) is 6.26 Å². The first kappa shape index (κ1) is 19.2. The molecule has 0 aliphatic heterocycles. The number of benzene rings is 1. The van der Waals surface area contributed by atoms with Crippen LogP contribution in [0.3, 0.4) is 0 Å². The zero-order chi connectivity index (χ0) is 18.9. The van der Waals surface area contributed by atoms with Crippen LogP contribution in [0.1, 0.15) is 30.0 Å². The topological polar surface area (TPSA) is 97.6 Å². The molecule has 1 atom stereocenters. The van der Waals surface area contributed by atoms with Crippen molar-refractivity contribution in [2.24, 2.45) is 5.92 Å². The quantitative estimate of drug-likeness (QED) is 0.703. The molecule has 1 aromatic heterocycles. The molecular formula is C19H22N2O5. The number of esters is 1. The van der Waals surface area contributed by atoms with Crippen LogP contribution in [0.2, 0.25) is 0 Å². The lowest BCUT2D eigenvalue weighted by atomic mass is 10.0. The first-order valence-corrected chi connectivity index (χ1v) is 8.29. The zero-order valence-electron chi connectivity index (χ0n) is 14.7. The maximum absolute atomic E-state index is 12.2. The molecule has 7 nitrogen and oxygen atoms in total. The van der Waals surface area contributed by atoms with E-state index in [0.29, 0.717) is 6.54 Å². The van der Waals surface area contributed by atoms with Gasteiger partial charge in [0.2, 0.25) is 0 Å². The highest BCUT2D eigenvalue weighted by Crippen LogP contribution is 2.07. The molecule has 0 aliphatic carbocycles. The maximum atomic E-state index is 12.2. The van der Waals surface area contributed by atoms with Gasteiger partial charge in [-0.05, 0) is 23.6 Å². The van der Waals surface area contributed by atoms with Crippen LogP contribution in [0.15, 0.2) is 53.1 Å². The van der Waals surface area contributed by atoms with Gasteiger partial charge in [0.15, 0.2) is 12.4 Å². The molecule has 7 heteroatoms. The van der Waals surface area contributed by atoms with E-state index >= 15 is 0 Å². The Bertz CT molecular complexity index is 726. The fourth-order valence-electron chi connectivity index (χ4n) is 2.19. The van der Waals surface area contributed by atoms with E-state index in [0.717, 1.165) is 5.56 Å². The largest absolute Gasteiger partial charge is 0.459 e. The first-order valence-electron chi connectivity index (χ1n) is 8.29. The third-order valence-electron chi connectivity index (χ3n) is 3.63. The van der Waals surface area contributed by atoms with Gasteiger partial charge in [-0.2, -0.15) is 0 Å². The molecule has 0 bridgehead atoms. The molecule has 138 valence electrons. The van der Waals surface area contributed by atoms with Crippen molar-refractivity contribution < 1.29 is 23.5 Å². The molecule has 2 amide bonds. The van der Waals surface area contributed by atoms with Crippen LogP contribution in [0, 0.1) is 5.92 Å². The second-order valence-electron chi connectivity index (χ2n) is 6.04. The van der Waals surface area contributed by atoms with Crippen LogP contribution in [0.4, 0.5) is 0 Å². The number of amides is 2. The standard InChI is InChI=1S/C19H22N2O5/c1-13(2)17(21-18(23)15-9-6-10-25-15)19(24)26-12-16(22)20-11-14-7-4-3-5-8-14/h3-10,13,17H,11-12H2,1-2H3,(H,20,22)(H,21,23)/t17-/m0/s1. The molecule has 0 spiro atoms. The van der Waals surface area contributed by atoms with E-state index in [1.165, 1.54) is 12.3 Å². The van der Waals surface area contributed by atoms with Crippen molar-refractivity contribution in [1.82, 2.24) is 10.6 Å². The summed E-state index contributed by atoms with van der Waals surface area (Å²) in [6.45, 7) is 3.47. The molecule has 1 heterocycles. The van der Waals surface area contributed by atoms with Crippen LogP contribution in [0.25, 0.3) is 0 Å². The summed E-state index contributed by atoms with van der Waals surface area (Å²) in [6, 6.07) is 11.6. The van der Waals surface area contributed by atoms with Gasteiger partial charge < -0.3 is 19.8 Å². The molecule has 0 unspecified atom stereocenters. The highest BCUT2D eigenvalue weighted by Gasteiger charge is 2.27. The van der Waals surface area contributed by atoms with E-state index in [9.17, 15) is 14.4 Å². The summed E-state index contributed by atoms with van der Waals surface area (Å²) in [5.41, 5.74) is 0.943. The second kappa shape index (κ2) is 9.41. The minimum Gasteiger partial charge on any atom is -0.459 e. The highest BCUT2D eigenvalue weighted by molar-refractivity contribution is 5.94. The number of rotatable bonds is 8. The van der Waals surface area contributed by atoms with Crippen LogP contribution in [-0.4, -0.2) is 30.4 Å². The third kappa shape index (κ3) is 5.77. The number of ether oxygens (including phenoxy) is 1. The molecule has 0 aliphatic rings. The van der Waals surface area contributed by atoms with Gasteiger partial charge in [-0.15, -0.1) is 0 Å². The molecule has 0 fully saturated rings. The summed E-state index contributed by atoms with van der Waals surface area (Å²) < 4.78 is 10.0. The van der Waals surface area contributed by atoms with E-state index < -0.39 is 30.4 Å². The summed E-state index contributed by atoms with van der Waals surface area (Å²) in [5, 5.41) is 5.23.